The summed E-state index contributed by atoms with van der Waals surface area (Å²) >= 11 is 0. The third-order valence-corrected chi connectivity index (χ3v) is 4.02. The molecule has 0 radical (unpaired) electrons. The van der Waals surface area contributed by atoms with Crippen molar-refractivity contribution in [3.05, 3.63) is 0 Å². The molecule has 0 spiro atoms. The smallest absolute Gasteiger partial charge is 0.0117 e. The van der Waals surface area contributed by atoms with E-state index in [0.717, 1.165) is 19.1 Å². The molecular formula is C15H33N3. The molecule has 18 heavy (non-hydrogen) atoms. The maximum absolute atomic E-state index is 3.56. The van der Waals surface area contributed by atoms with Crippen molar-refractivity contribution in [3.8, 4) is 0 Å². The van der Waals surface area contributed by atoms with Gasteiger partial charge in [0.2, 0.25) is 0 Å². The van der Waals surface area contributed by atoms with Gasteiger partial charge in [0.25, 0.3) is 0 Å². The molecule has 1 aliphatic heterocycles. The number of hydrogen-bond acceptors (Lipinski definition) is 3. The molecule has 1 heterocycles. The Kier molecular flexibility index (Phi) is 6.61. The highest BCUT2D eigenvalue weighted by Crippen LogP contribution is 2.20. The van der Waals surface area contributed by atoms with Gasteiger partial charge in [0.1, 0.15) is 0 Å². The molecule has 1 rings (SSSR count). The van der Waals surface area contributed by atoms with E-state index in [-0.39, 0.29) is 0 Å². The predicted octanol–water partition coefficient (Wildman–Crippen LogP) is 2.04. The third kappa shape index (κ3) is 5.68. The van der Waals surface area contributed by atoms with Crippen LogP contribution in [-0.4, -0.2) is 62.7 Å². The topological polar surface area (TPSA) is 18.5 Å². The van der Waals surface area contributed by atoms with Crippen LogP contribution in [-0.2, 0) is 0 Å². The fourth-order valence-corrected chi connectivity index (χ4v) is 2.90. The zero-order valence-corrected chi connectivity index (χ0v) is 13.1. The van der Waals surface area contributed by atoms with Gasteiger partial charge in [0.05, 0.1) is 0 Å². The van der Waals surface area contributed by atoms with E-state index in [0.29, 0.717) is 5.41 Å². The first kappa shape index (κ1) is 15.9. The molecule has 0 atom stereocenters. The second-order valence-corrected chi connectivity index (χ2v) is 6.79. The van der Waals surface area contributed by atoms with Gasteiger partial charge in [-0.25, -0.2) is 0 Å². The molecule has 1 saturated heterocycles. The zero-order valence-electron chi connectivity index (χ0n) is 13.1. The first-order valence-electron chi connectivity index (χ1n) is 7.54. The Morgan fingerprint density at radius 2 is 1.89 bits per heavy atom. The van der Waals surface area contributed by atoms with Crippen LogP contribution in [0, 0.1) is 5.41 Å². The van der Waals surface area contributed by atoms with Crippen LogP contribution in [0.15, 0.2) is 0 Å². The zero-order chi connectivity index (χ0) is 13.6. The highest BCUT2D eigenvalue weighted by Gasteiger charge is 2.26. The molecule has 3 nitrogen and oxygen atoms in total. The van der Waals surface area contributed by atoms with Gasteiger partial charge >= 0.3 is 0 Å². The van der Waals surface area contributed by atoms with Crippen molar-refractivity contribution in [2.75, 3.05) is 46.8 Å². The fraction of sp³-hybridized carbons (Fsp3) is 1.00. The highest BCUT2D eigenvalue weighted by molar-refractivity contribution is 4.82. The summed E-state index contributed by atoms with van der Waals surface area (Å²) in [6.07, 6.45) is 3.87. The summed E-state index contributed by atoms with van der Waals surface area (Å²) in [5.41, 5.74) is 0.368. The van der Waals surface area contributed by atoms with E-state index >= 15 is 0 Å². The maximum atomic E-state index is 3.56. The van der Waals surface area contributed by atoms with Crippen LogP contribution < -0.4 is 5.32 Å². The molecule has 0 bridgehead atoms. The van der Waals surface area contributed by atoms with Crippen LogP contribution in [0.25, 0.3) is 0 Å². The summed E-state index contributed by atoms with van der Waals surface area (Å²) in [5.74, 6) is 0. The first-order chi connectivity index (χ1) is 8.44. The van der Waals surface area contributed by atoms with Gasteiger partial charge in [-0.05, 0) is 58.4 Å². The summed E-state index contributed by atoms with van der Waals surface area (Å²) in [6, 6.07) is 0.784. The Morgan fingerprint density at radius 1 is 1.28 bits per heavy atom. The Balaban J connectivity index is 2.31. The van der Waals surface area contributed by atoms with E-state index in [1.807, 2.05) is 0 Å². The number of hydrogen-bond donors (Lipinski definition) is 1. The lowest BCUT2D eigenvalue weighted by atomic mass is 9.91. The van der Waals surface area contributed by atoms with E-state index in [1.165, 1.54) is 38.9 Å². The second kappa shape index (κ2) is 7.46. The van der Waals surface area contributed by atoms with Gasteiger partial charge in [-0.15, -0.1) is 0 Å². The standard InChI is InChI=1S/C15H33N3/c1-6-9-16-12-15(2,3)13-18(5)14-7-10-17(4)11-8-14/h14,16H,6-13H2,1-5H3. The molecule has 0 unspecified atom stereocenters. The Hall–Kier alpha value is -0.120. The molecule has 0 aromatic carbocycles. The Labute approximate surface area is 114 Å². The van der Waals surface area contributed by atoms with Crippen molar-refractivity contribution in [3.63, 3.8) is 0 Å². The molecule has 1 N–H and O–H groups in total. The van der Waals surface area contributed by atoms with Crippen LogP contribution in [0.2, 0.25) is 0 Å². The monoisotopic (exact) mass is 255 g/mol. The number of likely N-dealkylation sites (tertiary alicyclic amines) is 1. The first-order valence-corrected chi connectivity index (χ1v) is 7.54. The van der Waals surface area contributed by atoms with Gasteiger partial charge in [0, 0.05) is 19.1 Å². The predicted molar refractivity (Wildman–Crippen MR) is 80.1 cm³/mol. The number of rotatable bonds is 7. The summed E-state index contributed by atoms with van der Waals surface area (Å²) in [4.78, 5) is 5.03. The lowest BCUT2D eigenvalue weighted by molar-refractivity contribution is 0.106. The van der Waals surface area contributed by atoms with E-state index < -0.39 is 0 Å². The minimum atomic E-state index is 0.368. The second-order valence-electron chi connectivity index (χ2n) is 6.79. The van der Waals surface area contributed by atoms with Crippen LogP contribution in [0.4, 0.5) is 0 Å². The normalized spacial score (nSPS) is 19.7. The molecule has 0 aliphatic carbocycles. The quantitative estimate of drug-likeness (QED) is 0.702. The molecular weight excluding hydrogens is 222 g/mol. The van der Waals surface area contributed by atoms with Crippen molar-refractivity contribution < 1.29 is 0 Å². The third-order valence-electron chi connectivity index (χ3n) is 4.02. The van der Waals surface area contributed by atoms with Crippen LogP contribution in [0.1, 0.15) is 40.0 Å². The Bertz CT molecular complexity index is 220. The van der Waals surface area contributed by atoms with Crippen molar-refractivity contribution in [1.29, 1.82) is 0 Å². The van der Waals surface area contributed by atoms with Crippen LogP contribution >= 0.6 is 0 Å². The van der Waals surface area contributed by atoms with Gasteiger partial charge in [-0.2, -0.15) is 0 Å². The SMILES string of the molecule is CCCNCC(C)(C)CN(C)C1CCN(C)CC1. The number of nitrogens with one attached hydrogen (secondary N) is 1. The van der Waals surface area contributed by atoms with Crippen molar-refractivity contribution in [2.45, 2.75) is 46.1 Å². The minimum Gasteiger partial charge on any atom is -0.316 e. The van der Waals surface area contributed by atoms with Crippen molar-refractivity contribution >= 4 is 0 Å². The van der Waals surface area contributed by atoms with Gasteiger partial charge in [-0.1, -0.05) is 20.8 Å². The molecule has 1 fully saturated rings. The summed E-state index contributed by atoms with van der Waals surface area (Å²) in [7, 11) is 4.53. The van der Waals surface area contributed by atoms with Crippen molar-refractivity contribution in [1.82, 2.24) is 15.1 Å². The fourth-order valence-electron chi connectivity index (χ4n) is 2.90. The van der Waals surface area contributed by atoms with E-state index in [4.69, 9.17) is 0 Å². The molecule has 0 aromatic rings. The average Bonchev–Trinajstić information content (AvgIpc) is 2.29. The van der Waals surface area contributed by atoms with Gasteiger partial charge in [0.15, 0.2) is 0 Å². The van der Waals surface area contributed by atoms with E-state index in [2.05, 4.69) is 50.0 Å². The summed E-state index contributed by atoms with van der Waals surface area (Å²) in [6.45, 7) is 12.9. The molecule has 108 valence electrons. The number of nitrogens with zero attached hydrogens (tertiary/aromatic N) is 2. The Morgan fingerprint density at radius 3 is 2.44 bits per heavy atom. The molecule has 3 heteroatoms. The van der Waals surface area contributed by atoms with Gasteiger partial charge in [-0.3, -0.25) is 0 Å². The summed E-state index contributed by atoms with van der Waals surface area (Å²) in [5, 5.41) is 3.56. The maximum Gasteiger partial charge on any atom is 0.0117 e. The molecule has 1 aliphatic rings. The lowest BCUT2D eigenvalue weighted by Gasteiger charge is -2.39. The summed E-state index contributed by atoms with van der Waals surface area (Å²) < 4.78 is 0. The van der Waals surface area contributed by atoms with Crippen LogP contribution in [0.5, 0.6) is 0 Å². The minimum absolute atomic E-state index is 0.368. The highest BCUT2D eigenvalue weighted by atomic mass is 15.2. The van der Waals surface area contributed by atoms with Crippen LogP contribution in [0.3, 0.4) is 0 Å². The molecule has 0 saturated carbocycles. The largest absolute Gasteiger partial charge is 0.316 e. The lowest BCUT2D eigenvalue weighted by Crippen LogP contribution is -2.47. The average molecular weight is 255 g/mol. The van der Waals surface area contributed by atoms with Crippen molar-refractivity contribution in [2.24, 2.45) is 5.41 Å². The van der Waals surface area contributed by atoms with E-state index in [1.54, 1.807) is 0 Å². The number of piperidine rings is 1. The van der Waals surface area contributed by atoms with E-state index in [9.17, 15) is 0 Å². The molecule has 0 aromatic heterocycles. The van der Waals surface area contributed by atoms with Gasteiger partial charge < -0.3 is 15.1 Å². The molecule has 0 amide bonds.